The highest BCUT2D eigenvalue weighted by atomic mass is 16.5. The van der Waals surface area contributed by atoms with Crippen LogP contribution in [0.2, 0.25) is 0 Å². The minimum absolute atomic E-state index is 0.299. The smallest absolute Gasteiger partial charge is 0.338 e. The molecule has 182 valence electrons. The van der Waals surface area contributed by atoms with E-state index in [1.54, 1.807) is 65.8 Å². The van der Waals surface area contributed by atoms with Gasteiger partial charge < -0.3 is 30.7 Å². The standard InChI is InChI=1S/C24H30N4O6/c1-11(2)33-21(29)17-13(5)25-23(31)27-19(17)15-7-9-16(10-8-15)20-18(22(30)34-12(3)4)14(6)26-24(32)28-20/h7-12,19-20H,1-6H3,(H2,25,27,31)(H2,26,28,32)/t19-,20-/m1/s1. The number of ether oxygens (including phenoxy) is 2. The molecule has 1 aromatic carbocycles. The highest BCUT2D eigenvalue weighted by Crippen LogP contribution is 2.32. The molecular weight excluding hydrogens is 440 g/mol. The number of nitrogens with one attached hydrogen (secondary N) is 4. The Morgan fingerprint density at radius 2 is 1.03 bits per heavy atom. The first-order valence-corrected chi connectivity index (χ1v) is 11.1. The molecule has 0 unspecified atom stereocenters. The topological polar surface area (TPSA) is 135 Å². The first kappa shape index (κ1) is 24.8. The molecule has 3 rings (SSSR count). The zero-order valence-electron chi connectivity index (χ0n) is 20.1. The second-order valence-corrected chi connectivity index (χ2v) is 8.72. The maximum Gasteiger partial charge on any atom is 0.338 e. The lowest BCUT2D eigenvalue weighted by molar-refractivity contribution is -0.144. The lowest BCUT2D eigenvalue weighted by Gasteiger charge is -2.30. The van der Waals surface area contributed by atoms with E-state index in [0.29, 0.717) is 33.7 Å². The maximum atomic E-state index is 12.7. The zero-order valence-corrected chi connectivity index (χ0v) is 20.1. The van der Waals surface area contributed by atoms with Gasteiger partial charge in [-0.3, -0.25) is 0 Å². The Morgan fingerprint density at radius 3 is 1.32 bits per heavy atom. The van der Waals surface area contributed by atoms with E-state index in [0.717, 1.165) is 0 Å². The van der Waals surface area contributed by atoms with Crippen LogP contribution in [0.15, 0.2) is 46.8 Å². The molecule has 0 radical (unpaired) electrons. The van der Waals surface area contributed by atoms with Crippen molar-refractivity contribution in [2.24, 2.45) is 0 Å². The molecule has 0 aliphatic carbocycles. The van der Waals surface area contributed by atoms with Crippen molar-refractivity contribution in [3.8, 4) is 0 Å². The Balaban J connectivity index is 1.95. The van der Waals surface area contributed by atoms with Crippen molar-refractivity contribution in [3.63, 3.8) is 0 Å². The lowest BCUT2D eigenvalue weighted by atomic mass is 9.91. The first-order valence-electron chi connectivity index (χ1n) is 11.1. The van der Waals surface area contributed by atoms with E-state index < -0.39 is 36.1 Å². The van der Waals surface area contributed by atoms with Crippen molar-refractivity contribution in [1.82, 2.24) is 21.3 Å². The summed E-state index contributed by atoms with van der Waals surface area (Å²) in [6.45, 7) is 10.3. The van der Waals surface area contributed by atoms with E-state index in [4.69, 9.17) is 9.47 Å². The van der Waals surface area contributed by atoms with Gasteiger partial charge in [-0.1, -0.05) is 24.3 Å². The lowest BCUT2D eigenvalue weighted by Crippen LogP contribution is -2.46. The summed E-state index contributed by atoms with van der Waals surface area (Å²) in [4.78, 5) is 49.7. The molecule has 34 heavy (non-hydrogen) atoms. The second kappa shape index (κ2) is 9.98. The molecule has 2 heterocycles. The summed E-state index contributed by atoms with van der Waals surface area (Å²) >= 11 is 0. The molecule has 4 N–H and O–H groups in total. The van der Waals surface area contributed by atoms with Crippen molar-refractivity contribution in [1.29, 1.82) is 0 Å². The number of urea groups is 2. The Labute approximate surface area is 198 Å². The van der Waals surface area contributed by atoms with Crippen LogP contribution in [-0.4, -0.2) is 36.2 Å². The van der Waals surface area contributed by atoms with Gasteiger partial charge in [-0.2, -0.15) is 0 Å². The summed E-state index contributed by atoms with van der Waals surface area (Å²) in [5.74, 6) is -1.06. The fraction of sp³-hybridized carbons (Fsp3) is 0.417. The van der Waals surface area contributed by atoms with Crippen LogP contribution in [-0.2, 0) is 19.1 Å². The van der Waals surface area contributed by atoms with Gasteiger partial charge in [-0.15, -0.1) is 0 Å². The van der Waals surface area contributed by atoms with Gasteiger partial charge in [0.25, 0.3) is 0 Å². The van der Waals surface area contributed by atoms with Gasteiger partial charge in [-0.25, -0.2) is 19.2 Å². The number of benzene rings is 1. The molecule has 0 saturated heterocycles. The van der Waals surface area contributed by atoms with Crippen LogP contribution in [0, 0.1) is 0 Å². The molecule has 0 aromatic heterocycles. The molecule has 4 amide bonds. The quantitative estimate of drug-likeness (QED) is 0.472. The molecule has 10 heteroatoms. The van der Waals surface area contributed by atoms with E-state index in [1.807, 2.05) is 0 Å². The summed E-state index contributed by atoms with van der Waals surface area (Å²) in [5, 5.41) is 10.7. The Morgan fingerprint density at radius 1 is 0.706 bits per heavy atom. The van der Waals surface area contributed by atoms with E-state index >= 15 is 0 Å². The van der Waals surface area contributed by atoms with E-state index in [-0.39, 0.29) is 12.2 Å². The Bertz CT molecular complexity index is 986. The average Bonchev–Trinajstić information content (AvgIpc) is 2.71. The molecule has 0 spiro atoms. The van der Waals surface area contributed by atoms with Gasteiger partial charge >= 0.3 is 24.0 Å². The molecule has 0 saturated carbocycles. The fourth-order valence-corrected chi connectivity index (χ4v) is 3.86. The third kappa shape index (κ3) is 5.38. The van der Waals surface area contributed by atoms with Crippen LogP contribution >= 0.6 is 0 Å². The predicted molar refractivity (Wildman–Crippen MR) is 123 cm³/mol. The van der Waals surface area contributed by atoms with Gasteiger partial charge in [0, 0.05) is 11.4 Å². The van der Waals surface area contributed by atoms with Gasteiger partial charge in [0.2, 0.25) is 0 Å². The molecule has 2 aliphatic rings. The van der Waals surface area contributed by atoms with Crippen LogP contribution < -0.4 is 21.3 Å². The van der Waals surface area contributed by atoms with Crippen molar-refractivity contribution in [2.75, 3.05) is 0 Å². The number of rotatable bonds is 6. The number of esters is 2. The van der Waals surface area contributed by atoms with E-state index in [2.05, 4.69) is 21.3 Å². The van der Waals surface area contributed by atoms with Crippen molar-refractivity contribution in [3.05, 3.63) is 57.9 Å². The number of allylic oxidation sites excluding steroid dienone is 2. The largest absolute Gasteiger partial charge is 0.459 e. The highest BCUT2D eigenvalue weighted by molar-refractivity contribution is 5.96. The summed E-state index contributed by atoms with van der Waals surface area (Å²) in [5.41, 5.74) is 2.70. The predicted octanol–water partition coefficient (Wildman–Crippen LogP) is 2.85. The molecule has 2 atom stereocenters. The molecule has 0 bridgehead atoms. The minimum Gasteiger partial charge on any atom is -0.459 e. The third-order valence-electron chi connectivity index (χ3n) is 5.27. The Kier molecular flexibility index (Phi) is 7.29. The second-order valence-electron chi connectivity index (χ2n) is 8.72. The van der Waals surface area contributed by atoms with Crippen LogP contribution in [0.4, 0.5) is 9.59 Å². The van der Waals surface area contributed by atoms with Crippen molar-refractivity contribution in [2.45, 2.75) is 65.8 Å². The maximum absolute atomic E-state index is 12.7. The number of hydrogen-bond acceptors (Lipinski definition) is 6. The van der Waals surface area contributed by atoms with Crippen molar-refractivity contribution >= 4 is 24.0 Å². The van der Waals surface area contributed by atoms with E-state index in [9.17, 15) is 19.2 Å². The number of hydrogen-bond donors (Lipinski definition) is 4. The zero-order chi connectivity index (χ0) is 25.2. The summed E-state index contributed by atoms with van der Waals surface area (Å²) in [6.07, 6.45) is -0.646. The molecule has 2 aliphatic heterocycles. The first-order chi connectivity index (χ1) is 16.0. The summed E-state index contributed by atoms with van der Waals surface area (Å²) < 4.78 is 10.7. The molecule has 1 aromatic rings. The van der Waals surface area contributed by atoms with E-state index in [1.165, 1.54) is 0 Å². The van der Waals surface area contributed by atoms with Gasteiger partial charge in [-0.05, 0) is 52.7 Å². The number of amides is 4. The SMILES string of the molecule is CC1=C(C(=O)OC(C)C)[C@@H](c2ccc([C@H]3NC(=O)NC(C)=C3C(=O)OC(C)C)cc2)NC(=O)N1. The summed E-state index contributed by atoms with van der Waals surface area (Å²) in [6, 6.07) is 4.62. The monoisotopic (exact) mass is 470 g/mol. The fourth-order valence-electron chi connectivity index (χ4n) is 3.86. The van der Waals surface area contributed by atoms with Crippen LogP contribution in [0.3, 0.4) is 0 Å². The molecular formula is C24H30N4O6. The molecule has 0 fully saturated rings. The van der Waals surface area contributed by atoms with Gasteiger partial charge in [0.05, 0.1) is 35.4 Å². The number of carbonyl (C=O) groups excluding carboxylic acids is 4. The Hall–Kier alpha value is -3.82. The normalized spacial score (nSPS) is 20.5. The highest BCUT2D eigenvalue weighted by Gasteiger charge is 2.35. The minimum atomic E-state index is -0.723. The van der Waals surface area contributed by atoms with Gasteiger partial charge in [0.1, 0.15) is 0 Å². The van der Waals surface area contributed by atoms with Crippen molar-refractivity contribution < 1.29 is 28.7 Å². The average molecular weight is 471 g/mol. The van der Waals surface area contributed by atoms with Gasteiger partial charge in [0.15, 0.2) is 0 Å². The van der Waals surface area contributed by atoms with Crippen LogP contribution in [0.25, 0.3) is 0 Å². The van der Waals surface area contributed by atoms with Crippen LogP contribution in [0.5, 0.6) is 0 Å². The summed E-state index contributed by atoms with van der Waals surface area (Å²) in [7, 11) is 0. The third-order valence-corrected chi connectivity index (χ3v) is 5.27. The van der Waals surface area contributed by atoms with Crippen LogP contribution in [0.1, 0.15) is 64.8 Å². The number of carbonyl (C=O) groups is 4. The molecule has 10 nitrogen and oxygen atoms in total.